The lowest BCUT2D eigenvalue weighted by Gasteiger charge is -2.18. The summed E-state index contributed by atoms with van der Waals surface area (Å²) in [5.41, 5.74) is 1.84. The van der Waals surface area contributed by atoms with Gasteiger partial charge in [0, 0.05) is 37.9 Å². The van der Waals surface area contributed by atoms with Crippen LogP contribution in [-0.2, 0) is 26.2 Å². The molecule has 2 amide bonds. The van der Waals surface area contributed by atoms with E-state index < -0.39 is 21.8 Å². The molecule has 176 valence electrons. The molecule has 1 fully saturated rings. The lowest BCUT2D eigenvalue weighted by atomic mass is 10.1. The van der Waals surface area contributed by atoms with Gasteiger partial charge < -0.3 is 10.2 Å². The molecule has 9 heteroatoms. The summed E-state index contributed by atoms with van der Waals surface area (Å²) in [6.07, 6.45) is 0.0416. The average Bonchev–Trinajstić information content (AvgIpc) is 3.22. The van der Waals surface area contributed by atoms with Crippen molar-refractivity contribution in [2.24, 2.45) is 5.92 Å². The molecule has 1 aliphatic heterocycles. The molecule has 1 atom stereocenters. The van der Waals surface area contributed by atoms with Crippen LogP contribution in [0.4, 0.5) is 15.8 Å². The van der Waals surface area contributed by atoms with E-state index >= 15 is 0 Å². The second kappa shape index (κ2) is 9.74. The molecule has 0 unspecified atom stereocenters. The topological polar surface area (TPSA) is 86.8 Å². The maximum atomic E-state index is 13.2. The number of amides is 2. The van der Waals surface area contributed by atoms with E-state index in [-0.39, 0.29) is 36.2 Å². The van der Waals surface area contributed by atoms with E-state index in [9.17, 15) is 22.4 Å². The van der Waals surface area contributed by atoms with E-state index in [0.717, 1.165) is 5.56 Å². The Bertz CT molecular complexity index is 1280. The molecule has 1 saturated heterocycles. The van der Waals surface area contributed by atoms with Gasteiger partial charge >= 0.3 is 0 Å². The summed E-state index contributed by atoms with van der Waals surface area (Å²) in [4.78, 5) is 26.6. The molecule has 1 heterocycles. The Morgan fingerprint density at radius 2 is 1.68 bits per heavy atom. The van der Waals surface area contributed by atoms with Gasteiger partial charge in [0.05, 0.1) is 10.8 Å². The van der Waals surface area contributed by atoms with E-state index in [1.165, 1.54) is 64.8 Å². The maximum absolute atomic E-state index is 13.2. The predicted molar refractivity (Wildman–Crippen MR) is 127 cm³/mol. The molecule has 0 radical (unpaired) electrons. The van der Waals surface area contributed by atoms with Crippen LogP contribution in [0.15, 0.2) is 83.8 Å². The van der Waals surface area contributed by atoms with Gasteiger partial charge in [-0.15, -0.1) is 0 Å². The zero-order valence-corrected chi connectivity index (χ0v) is 19.3. The van der Waals surface area contributed by atoms with Gasteiger partial charge in [0.2, 0.25) is 21.8 Å². The van der Waals surface area contributed by atoms with E-state index in [4.69, 9.17) is 0 Å². The van der Waals surface area contributed by atoms with Crippen LogP contribution in [0.1, 0.15) is 12.0 Å². The largest absolute Gasteiger partial charge is 0.326 e. The number of hydrogen-bond donors (Lipinski definition) is 1. The first-order valence-corrected chi connectivity index (χ1v) is 12.1. The van der Waals surface area contributed by atoms with Gasteiger partial charge in [0.1, 0.15) is 5.82 Å². The molecule has 0 bridgehead atoms. The van der Waals surface area contributed by atoms with Crippen LogP contribution in [-0.4, -0.2) is 38.1 Å². The zero-order chi connectivity index (χ0) is 24.3. The SMILES string of the molecule is CN(Cc1ccccc1)S(=O)(=O)c1ccc(NC(=O)[C@@H]2CC(=O)N(c3ccc(F)cc3)C2)cc1. The maximum Gasteiger partial charge on any atom is 0.243 e. The summed E-state index contributed by atoms with van der Waals surface area (Å²) in [6.45, 7) is 0.426. The fourth-order valence-corrected chi connectivity index (χ4v) is 4.97. The van der Waals surface area contributed by atoms with Crippen molar-refractivity contribution < 1.29 is 22.4 Å². The number of anilines is 2. The molecule has 3 aromatic rings. The van der Waals surface area contributed by atoms with Crippen molar-refractivity contribution in [3.63, 3.8) is 0 Å². The Labute approximate surface area is 197 Å². The molecular weight excluding hydrogens is 457 g/mol. The summed E-state index contributed by atoms with van der Waals surface area (Å²) in [5.74, 6) is -1.52. The van der Waals surface area contributed by atoms with Gasteiger partial charge in [-0.3, -0.25) is 9.59 Å². The Balaban J connectivity index is 1.39. The second-order valence-electron chi connectivity index (χ2n) is 8.14. The average molecular weight is 482 g/mol. The highest BCUT2D eigenvalue weighted by Gasteiger charge is 2.35. The van der Waals surface area contributed by atoms with Gasteiger partial charge in [0.25, 0.3) is 0 Å². The Morgan fingerprint density at radius 1 is 1.03 bits per heavy atom. The standard InChI is InChI=1S/C25H24FN3O4S/c1-28(16-18-5-3-2-4-6-18)34(32,33)23-13-9-21(10-14-23)27-25(31)19-15-24(30)29(17-19)22-11-7-20(26)8-12-22/h2-14,19H,15-17H2,1H3,(H,27,31)/t19-/m1/s1. The molecule has 1 aliphatic rings. The number of nitrogens with one attached hydrogen (secondary N) is 1. The summed E-state index contributed by atoms with van der Waals surface area (Å²) >= 11 is 0. The predicted octanol–water partition coefficient (Wildman–Crippen LogP) is 3.64. The Hall–Kier alpha value is -3.56. The van der Waals surface area contributed by atoms with E-state index in [2.05, 4.69) is 5.32 Å². The molecule has 7 nitrogen and oxygen atoms in total. The molecule has 34 heavy (non-hydrogen) atoms. The number of benzene rings is 3. The van der Waals surface area contributed by atoms with Crippen LogP contribution < -0.4 is 10.2 Å². The van der Waals surface area contributed by atoms with Crippen molar-refractivity contribution in [1.82, 2.24) is 4.31 Å². The minimum Gasteiger partial charge on any atom is -0.326 e. The fourth-order valence-electron chi connectivity index (χ4n) is 3.81. The fraction of sp³-hybridized carbons (Fsp3) is 0.200. The van der Waals surface area contributed by atoms with E-state index in [0.29, 0.717) is 11.4 Å². The summed E-state index contributed by atoms with van der Waals surface area (Å²) < 4.78 is 40.2. The molecule has 3 aromatic carbocycles. The number of sulfonamides is 1. The summed E-state index contributed by atoms with van der Waals surface area (Å²) in [6, 6.07) is 20.8. The Morgan fingerprint density at radius 3 is 2.32 bits per heavy atom. The third-order valence-electron chi connectivity index (χ3n) is 5.71. The van der Waals surface area contributed by atoms with Gasteiger partial charge in [-0.25, -0.2) is 12.8 Å². The molecule has 0 aromatic heterocycles. The molecule has 0 aliphatic carbocycles. The number of carbonyl (C=O) groups excluding carboxylic acids is 2. The van der Waals surface area contributed by atoms with Crippen LogP contribution in [0.2, 0.25) is 0 Å². The molecule has 1 N–H and O–H groups in total. The number of carbonyl (C=O) groups is 2. The van der Waals surface area contributed by atoms with Crippen LogP contribution >= 0.6 is 0 Å². The van der Waals surface area contributed by atoms with Gasteiger partial charge in [-0.1, -0.05) is 30.3 Å². The van der Waals surface area contributed by atoms with E-state index in [1.807, 2.05) is 30.3 Å². The lowest BCUT2D eigenvalue weighted by Crippen LogP contribution is -2.28. The second-order valence-corrected chi connectivity index (χ2v) is 10.2. The minimum atomic E-state index is -3.70. The number of rotatable bonds is 7. The minimum absolute atomic E-state index is 0.0416. The highest BCUT2D eigenvalue weighted by atomic mass is 32.2. The van der Waals surface area contributed by atoms with Crippen LogP contribution in [0.5, 0.6) is 0 Å². The normalized spacial score (nSPS) is 16.1. The van der Waals surface area contributed by atoms with Crippen LogP contribution in [0.25, 0.3) is 0 Å². The zero-order valence-electron chi connectivity index (χ0n) is 18.5. The third kappa shape index (κ3) is 5.16. The molecule has 0 spiro atoms. The Kier molecular flexibility index (Phi) is 6.76. The first-order chi connectivity index (χ1) is 16.2. The van der Waals surface area contributed by atoms with Crippen molar-refractivity contribution in [3.05, 3.63) is 90.2 Å². The molecule has 0 saturated carbocycles. The van der Waals surface area contributed by atoms with Crippen molar-refractivity contribution in [2.75, 3.05) is 23.8 Å². The first kappa shape index (κ1) is 23.6. The number of halogens is 1. The number of nitrogens with zero attached hydrogens (tertiary/aromatic N) is 2. The number of hydrogen-bond acceptors (Lipinski definition) is 4. The van der Waals surface area contributed by atoms with Crippen LogP contribution in [0, 0.1) is 11.7 Å². The molecule has 4 rings (SSSR count). The van der Waals surface area contributed by atoms with Crippen LogP contribution in [0.3, 0.4) is 0 Å². The van der Waals surface area contributed by atoms with Crippen molar-refractivity contribution in [1.29, 1.82) is 0 Å². The summed E-state index contributed by atoms with van der Waals surface area (Å²) in [5, 5.41) is 2.75. The quantitative estimate of drug-likeness (QED) is 0.558. The molecular formula is C25H24FN3O4S. The van der Waals surface area contributed by atoms with Crippen molar-refractivity contribution in [2.45, 2.75) is 17.9 Å². The van der Waals surface area contributed by atoms with Gasteiger partial charge in [-0.05, 0) is 54.1 Å². The van der Waals surface area contributed by atoms with E-state index in [1.54, 1.807) is 0 Å². The monoisotopic (exact) mass is 481 g/mol. The van der Waals surface area contributed by atoms with Gasteiger partial charge in [0.15, 0.2) is 0 Å². The highest BCUT2D eigenvalue weighted by Crippen LogP contribution is 2.27. The highest BCUT2D eigenvalue weighted by molar-refractivity contribution is 7.89. The lowest BCUT2D eigenvalue weighted by molar-refractivity contribution is -0.122. The smallest absolute Gasteiger partial charge is 0.243 e. The summed E-state index contributed by atoms with van der Waals surface area (Å²) in [7, 11) is -2.19. The third-order valence-corrected chi connectivity index (χ3v) is 7.53. The van der Waals surface area contributed by atoms with Crippen molar-refractivity contribution >= 4 is 33.2 Å². The van der Waals surface area contributed by atoms with Gasteiger partial charge in [-0.2, -0.15) is 4.31 Å². The van der Waals surface area contributed by atoms with Crippen molar-refractivity contribution in [3.8, 4) is 0 Å². The first-order valence-electron chi connectivity index (χ1n) is 10.7.